The van der Waals surface area contributed by atoms with E-state index in [4.69, 9.17) is 5.14 Å². The Hall–Kier alpha value is -1.94. The Morgan fingerprint density at radius 2 is 1.37 bits per heavy atom. The molecule has 27 heavy (non-hydrogen) atoms. The zero-order valence-electron chi connectivity index (χ0n) is 15.3. The van der Waals surface area contributed by atoms with E-state index in [1.54, 1.807) is 0 Å². The van der Waals surface area contributed by atoms with Gasteiger partial charge in [0.15, 0.2) is 0 Å². The molecule has 1 heterocycles. The highest BCUT2D eigenvalue weighted by Crippen LogP contribution is 2.26. The molecule has 1 fully saturated rings. The van der Waals surface area contributed by atoms with Crippen LogP contribution in [0, 0.1) is 13.8 Å². The van der Waals surface area contributed by atoms with Gasteiger partial charge in [-0.1, -0.05) is 12.1 Å². The summed E-state index contributed by atoms with van der Waals surface area (Å²) >= 11 is 0. The number of nitrogens with zero attached hydrogens (tertiary/aromatic N) is 2. The summed E-state index contributed by atoms with van der Waals surface area (Å²) in [5.74, 6) is 0. The molecule has 0 unspecified atom stereocenters. The van der Waals surface area contributed by atoms with Crippen molar-refractivity contribution in [3.8, 4) is 0 Å². The molecular weight excluding hydrogens is 386 g/mol. The maximum atomic E-state index is 12.8. The fourth-order valence-electron chi connectivity index (χ4n) is 3.20. The summed E-state index contributed by atoms with van der Waals surface area (Å²) in [5.41, 5.74) is 3.54. The maximum absolute atomic E-state index is 12.8. The van der Waals surface area contributed by atoms with Gasteiger partial charge in [0.25, 0.3) is 0 Å². The molecule has 2 aromatic carbocycles. The van der Waals surface area contributed by atoms with E-state index in [1.165, 1.54) is 39.7 Å². The van der Waals surface area contributed by atoms with Crippen LogP contribution in [0.4, 0.5) is 5.69 Å². The molecule has 0 saturated carbocycles. The normalized spacial score (nSPS) is 16.5. The Kier molecular flexibility index (Phi) is 5.31. The Morgan fingerprint density at radius 3 is 1.93 bits per heavy atom. The second-order valence-corrected chi connectivity index (χ2v) is 10.1. The van der Waals surface area contributed by atoms with Crippen molar-refractivity contribution < 1.29 is 16.8 Å². The smallest absolute Gasteiger partial charge is 0.243 e. The van der Waals surface area contributed by atoms with Crippen LogP contribution in [0.2, 0.25) is 0 Å². The van der Waals surface area contributed by atoms with Crippen molar-refractivity contribution in [3.63, 3.8) is 0 Å². The summed E-state index contributed by atoms with van der Waals surface area (Å²) < 4.78 is 49.8. The molecule has 0 bridgehead atoms. The van der Waals surface area contributed by atoms with Gasteiger partial charge in [0.1, 0.15) is 0 Å². The molecule has 1 saturated heterocycles. The van der Waals surface area contributed by atoms with Crippen LogP contribution in [-0.2, 0) is 20.0 Å². The lowest BCUT2D eigenvalue weighted by molar-refractivity contribution is 0.384. The second kappa shape index (κ2) is 7.23. The van der Waals surface area contributed by atoms with E-state index in [2.05, 4.69) is 30.9 Å². The lowest BCUT2D eigenvalue weighted by Crippen LogP contribution is -2.48. The zero-order chi connectivity index (χ0) is 19.8. The number of benzene rings is 2. The van der Waals surface area contributed by atoms with Gasteiger partial charge in [-0.25, -0.2) is 22.0 Å². The van der Waals surface area contributed by atoms with Crippen molar-refractivity contribution in [1.82, 2.24) is 4.31 Å². The molecule has 1 aliphatic rings. The van der Waals surface area contributed by atoms with Gasteiger partial charge >= 0.3 is 0 Å². The van der Waals surface area contributed by atoms with Crippen molar-refractivity contribution in [2.24, 2.45) is 5.14 Å². The highest BCUT2D eigenvalue weighted by atomic mass is 32.2. The third-order valence-corrected chi connectivity index (χ3v) is 7.79. The molecule has 0 amide bonds. The average molecular weight is 410 g/mol. The van der Waals surface area contributed by atoms with Crippen LogP contribution >= 0.6 is 0 Å². The SMILES string of the molecule is Cc1cccc(N2CCN(S(=O)(=O)c3ccc(S(N)(=O)=O)cc3)CC2)c1C. The fourth-order valence-corrected chi connectivity index (χ4v) is 5.14. The topological polar surface area (TPSA) is 101 Å². The molecule has 0 aromatic heterocycles. The number of anilines is 1. The van der Waals surface area contributed by atoms with Crippen molar-refractivity contribution >= 4 is 25.7 Å². The van der Waals surface area contributed by atoms with E-state index < -0.39 is 20.0 Å². The van der Waals surface area contributed by atoms with Crippen LogP contribution < -0.4 is 10.0 Å². The first-order chi connectivity index (χ1) is 12.6. The van der Waals surface area contributed by atoms with Gasteiger partial charge in [-0.15, -0.1) is 0 Å². The summed E-state index contributed by atoms with van der Waals surface area (Å²) in [7, 11) is -7.53. The van der Waals surface area contributed by atoms with Crippen molar-refractivity contribution in [2.45, 2.75) is 23.6 Å². The van der Waals surface area contributed by atoms with Crippen LogP contribution in [-0.4, -0.2) is 47.3 Å². The van der Waals surface area contributed by atoms with Gasteiger partial charge in [0, 0.05) is 31.9 Å². The molecule has 9 heteroatoms. The van der Waals surface area contributed by atoms with E-state index in [0.717, 1.165) is 5.69 Å². The molecule has 1 aliphatic heterocycles. The third kappa shape index (κ3) is 4.01. The Morgan fingerprint density at radius 1 is 0.815 bits per heavy atom. The summed E-state index contributed by atoms with van der Waals surface area (Å²) in [5, 5.41) is 5.06. The minimum atomic E-state index is -3.85. The monoisotopic (exact) mass is 409 g/mol. The quantitative estimate of drug-likeness (QED) is 0.824. The van der Waals surface area contributed by atoms with Crippen molar-refractivity contribution in [1.29, 1.82) is 0 Å². The second-order valence-electron chi connectivity index (χ2n) is 6.63. The minimum absolute atomic E-state index is 0.0649. The third-order valence-electron chi connectivity index (χ3n) is 4.95. The largest absolute Gasteiger partial charge is 0.369 e. The van der Waals surface area contributed by atoms with Gasteiger partial charge in [-0.2, -0.15) is 4.31 Å². The number of hydrogen-bond donors (Lipinski definition) is 1. The maximum Gasteiger partial charge on any atom is 0.243 e. The number of nitrogens with two attached hydrogens (primary N) is 1. The van der Waals surface area contributed by atoms with E-state index in [-0.39, 0.29) is 9.79 Å². The van der Waals surface area contributed by atoms with Crippen molar-refractivity contribution in [2.75, 3.05) is 31.1 Å². The lowest BCUT2D eigenvalue weighted by atomic mass is 10.1. The summed E-state index contributed by atoms with van der Waals surface area (Å²) in [6.45, 7) is 6.06. The van der Waals surface area contributed by atoms with Crippen LogP contribution in [0.25, 0.3) is 0 Å². The Bertz CT molecular complexity index is 1040. The van der Waals surface area contributed by atoms with Crippen molar-refractivity contribution in [3.05, 3.63) is 53.6 Å². The summed E-state index contributed by atoms with van der Waals surface area (Å²) in [4.78, 5) is 2.15. The highest BCUT2D eigenvalue weighted by Gasteiger charge is 2.29. The summed E-state index contributed by atoms with van der Waals surface area (Å²) in [6, 6.07) is 11.1. The first kappa shape index (κ1) is 19.8. The molecular formula is C18H23N3O4S2. The number of rotatable bonds is 4. The van der Waals surface area contributed by atoms with Gasteiger partial charge < -0.3 is 4.90 Å². The molecule has 0 aliphatic carbocycles. The molecule has 2 aromatic rings. The fraction of sp³-hybridized carbons (Fsp3) is 0.333. The number of sulfonamides is 2. The van der Waals surface area contributed by atoms with Crippen LogP contribution in [0.5, 0.6) is 0 Å². The number of primary sulfonamides is 1. The van der Waals surface area contributed by atoms with Gasteiger partial charge in [0.05, 0.1) is 9.79 Å². The lowest BCUT2D eigenvalue weighted by Gasteiger charge is -2.36. The Balaban J connectivity index is 1.76. The molecule has 146 valence electrons. The first-order valence-electron chi connectivity index (χ1n) is 8.55. The van der Waals surface area contributed by atoms with E-state index >= 15 is 0 Å². The van der Waals surface area contributed by atoms with Gasteiger partial charge in [-0.05, 0) is 55.3 Å². The highest BCUT2D eigenvalue weighted by molar-refractivity contribution is 7.89. The molecule has 3 rings (SSSR count). The van der Waals surface area contributed by atoms with Crippen LogP contribution in [0.15, 0.2) is 52.3 Å². The van der Waals surface area contributed by atoms with E-state index in [0.29, 0.717) is 26.2 Å². The minimum Gasteiger partial charge on any atom is -0.369 e. The Labute approximate surface area is 160 Å². The molecule has 7 nitrogen and oxygen atoms in total. The van der Waals surface area contributed by atoms with E-state index in [1.807, 2.05) is 6.07 Å². The predicted molar refractivity (Wildman–Crippen MR) is 105 cm³/mol. The van der Waals surface area contributed by atoms with Crippen LogP contribution in [0.1, 0.15) is 11.1 Å². The zero-order valence-corrected chi connectivity index (χ0v) is 16.9. The average Bonchev–Trinajstić information content (AvgIpc) is 2.63. The predicted octanol–water partition coefficient (Wildman–Crippen LogP) is 1.46. The molecule has 0 atom stereocenters. The molecule has 0 radical (unpaired) electrons. The first-order valence-corrected chi connectivity index (χ1v) is 11.5. The number of piperazine rings is 1. The number of hydrogen-bond acceptors (Lipinski definition) is 5. The molecule has 2 N–H and O–H groups in total. The summed E-state index contributed by atoms with van der Waals surface area (Å²) in [6.07, 6.45) is 0. The van der Waals surface area contributed by atoms with Crippen LogP contribution in [0.3, 0.4) is 0 Å². The van der Waals surface area contributed by atoms with E-state index in [9.17, 15) is 16.8 Å². The number of aryl methyl sites for hydroxylation is 1. The molecule has 0 spiro atoms. The standard InChI is InChI=1S/C18H23N3O4S2/c1-14-4-3-5-18(15(14)2)20-10-12-21(13-11-20)27(24,25)17-8-6-16(7-9-17)26(19,22)23/h3-9H,10-13H2,1-2H3,(H2,19,22,23). The van der Waals surface area contributed by atoms with Gasteiger partial charge in [-0.3, -0.25) is 0 Å². The van der Waals surface area contributed by atoms with Gasteiger partial charge in [0.2, 0.25) is 20.0 Å².